The SMILES string of the molecule is Cc1cc(N=Nc2c(S(=O)(=O)O)c(S(=O)(=O)O)c3cccc(N)c3c2O)c(S(=O)(=O)O)cc1C. The fourth-order valence-electron chi connectivity index (χ4n) is 3.23. The van der Waals surface area contributed by atoms with Crippen LogP contribution in [0.2, 0.25) is 0 Å². The number of nitrogens with zero attached hydrogens (tertiary/aromatic N) is 2. The number of hydrogen-bond acceptors (Lipinski definition) is 10. The zero-order chi connectivity index (χ0) is 25.8. The summed E-state index contributed by atoms with van der Waals surface area (Å²) in [6, 6.07) is 5.68. The molecule has 0 heterocycles. The van der Waals surface area contributed by atoms with E-state index >= 15 is 0 Å². The number of aryl methyl sites for hydroxylation is 2. The highest BCUT2D eigenvalue weighted by molar-refractivity contribution is 7.89. The Bertz CT molecular complexity index is 1710. The van der Waals surface area contributed by atoms with E-state index in [1.165, 1.54) is 25.1 Å². The Kier molecular flexibility index (Phi) is 6.19. The van der Waals surface area contributed by atoms with E-state index in [9.17, 15) is 44.0 Å². The number of rotatable bonds is 5. The van der Waals surface area contributed by atoms with E-state index in [1.807, 2.05) is 0 Å². The number of benzene rings is 3. The number of aromatic hydroxyl groups is 1. The number of phenols is 1. The Morgan fingerprint density at radius 2 is 1.35 bits per heavy atom. The van der Waals surface area contributed by atoms with Crippen LogP contribution in [0.25, 0.3) is 10.8 Å². The van der Waals surface area contributed by atoms with Crippen LogP contribution in [0, 0.1) is 13.8 Å². The molecule has 0 saturated carbocycles. The van der Waals surface area contributed by atoms with E-state index in [4.69, 9.17) is 5.73 Å². The molecular formula is C18H17N3O10S3. The summed E-state index contributed by atoms with van der Waals surface area (Å²) in [6.07, 6.45) is 0. The van der Waals surface area contributed by atoms with Gasteiger partial charge < -0.3 is 10.8 Å². The predicted molar refractivity (Wildman–Crippen MR) is 120 cm³/mol. The van der Waals surface area contributed by atoms with Gasteiger partial charge in [0.25, 0.3) is 30.4 Å². The molecule has 0 aromatic heterocycles. The van der Waals surface area contributed by atoms with Crippen molar-refractivity contribution in [1.82, 2.24) is 0 Å². The molecule has 0 radical (unpaired) electrons. The van der Waals surface area contributed by atoms with Crippen molar-refractivity contribution in [3.05, 3.63) is 41.5 Å². The van der Waals surface area contributed by atoms with Crippen LogP contribution < -0.4 is 5.73 Å². The summed E-state index contributed by atoms with van der Waals surface area (Å²) in [4.78, 5) is -3.58. The van der Waals surface area contributed by atoms with Gasteiger partial charge in [-0.1, -0.05) is 12.1 Å². The summed E-state index contributed by atoms with van der Waals surface area (Å²) in [5.74, 6) is -1.03. The van der Waals surface area contributed by atoms with Crippen LogP contribution in [-0.4, -0.2) is 44.0 Å². The third-order valence-corrected chi connectivity index (χ3v) is 7.72. The third kappa shape index (κ3) is 4.59. The number of fused-ring (bicyclic) bond motifs is 1. The van der Waals surface area contributed by atoms with Crippen molar-refractivity contribution in [3.8, 4) is 5.75 Å². The van der Waals surface area contributed by atoms with E-state index in [0.717, 1.165) is 12.1 Å². The van der Waals surface area contributed by atoms with Gasteiger partial charge in [0.05, 0.1) is 5.39 Å². The van der Waals surface area contributed by atoms with Crippen LogP contribution in [0.5, 0.6) is 5.75 Å². The topological polar surface area (TPSA) is 234 Å². The smallest absolute Gasteiger partial charge is 0.298 e. The Hall–Kier alpha value is -3.15. The first-order chi connectivity index (χ1) is 15.4. The van der Waals surface area contributed by atoms with Crippen LogP contribution in [0.4, 0.5) is 17.1 Å². The highest BCUT2D eigenvalue weighted by Crippen LogP contribution is 2.48. The lowest BCUT2D eigenvalue weighted by Gasteiger charge is -2.15. The summed E-state index contributed by atoms with van der Waals surface area (Å²) >= 11 is 0. The molecule has 0 atom stereocenters. The van der Waals surface area contributed by atoms with E-state index in [2.05, 4.69) is 10.2 Å². The largest absolute Gasteiger partial charge is 0.505 e. The Balaban J connectivity index is 2.54. The van der Waals surface area contributed by atoms with Gasteiger partial charge in [-0.3, -0.25) is 13.7 Å². The van der Waals surface area contributed by atoms with Gasteiger partial charge in [-0.15, -0.1) is 10.2 Å². The number of hydrogen-bond donors (Lipinski definition) is 5. The lowest BCUT2D eigenvalue weighted by Crippen LogP contribution is -2.10. The average Bonchev–Trinajstić information content (AvgIpc) is 2.66. The molecule has 3 aromatic carbocycles. The van der Waals surface area contributed by atoms with Crippen molar-refractivity contribution in [2.75, 3.05) is 5.73 Å². The number of phenolic OH excluding ortho intramolecular Hbond substituents is 1. The molecule has 16 heteroatoms. The summed E-state index contributed by atoms with van der Waals surface area (Å²) < 4.78 is 101. The lowest BCUT2D eigenvalue weighted by atomic mass is 10.1. The van der Waals surface area contributed by atoms with E-state index in [0.29, 0.717) is 11.1 Å². The normalized spacial score (nSPS) is 13.1. The number of nitrogens with two attached hydrogens (primary N) is 1. The van der Waals surface area contributed by atoms with Crippen LogP contribution in [0.15, 0.2) is 55.2 Å². The molecule has 34 heavy (non-hydrogen) atoms. The zero-order valence-corrected chi connectivity index (χ0v) is 19.8. The average molecular weight is 532 g/mol. The quantitative estimate of drug-likeness (QED) is 0.182. The molecule has 0 fully saturated rings. The molecular weight excluding hydrogens is 514 g/mol. The van der Waals surface area contributed by atoms with Crippen molar-refractivity contribution < 1.29 is 44.0 Å². The minimum Gasteiger partial charge on any atom is -0.505 e. The van der Waals surface area contributed by atoms with Crippen LogP contribution in [0.3, 0.4) is 0 Å². The minimum absolute atomic E-state index is 0.247. The summed E-state index contributed by atoms with van der Waals surface area (Å²) in [5, 5.41) is 16.8. The lowest BCUT2D eigenvalue weighted by molar-refractivity contribution is 0.461. The fraction of sp³-hybridized carbons (Fsp3) is 0.111. The summed E-state index contributed by atoms with van der Waals surface area (Å²) in [7, 11) is -15.7. The molecule has 3 rings (SSSR count). The predicted octanol–water partition coefficient (Wildman–Crippen LogP) is 2.90. The second-order valence-corrected chi connectivity index (χ2v) is 11.3. The van der Waals surface area contributed by atoms with Gasteiger partial charge in [-0.25, -0.2) is 0 Å². The number of anilines is 1. The maximum absolute atomic E-state index is 12.1. The van der Waals surface area contributed by atoms with Crippen molar-refractivity contribution >= 4 is 58.2 Å². The first-order valence-corrected chi connectivity index (χ1v) is 13.3. The zero-order valence-electron chi connectivity index (χ0n) is 17.3. The molecule has 0 bridgehead atoms. The second kappa shape index (κ2) is 8.26. The molecule has 0 aliphatic carbocycles. The first-order valence-electron chi connectivity index (χ1n) is 8.97. The van der Waals surface area contributed by atoms with Gasteiger partial charge in [0.2, 0.25) is 0 Å². The van der Waals surface area contributed by atoms with Gasteiger partial charge in [-0.05, 0) is 43.2 Å². The Labute approximate surface area is 193 Å². The fourth-order valence-corrected chi connectivity index (χ4v) is 6.06. The maximum atomic E-state index is 12.1. The molecule has 6 N–H and O–H groups in total. The standard InChI is InChI=1S/C18H17N3O10S3/c1-8-6-12(13(7-9(8)2)32(23,24)25)20-21-15-16(22)14-10(4-3-5-11(14)19)17(33(26,27)28)18(15)34(29,30)31/h3-7,22H,19H2,1-2H3,(H,23,24,25)(H,26,27,28)(H,29,30,31). The number of azo groups is 1. The molecule has 0 saturated heterocycles. The second-order valence-electron chi connectivity index (χ2n) is 7.15. The summed E-state index contributed by atoms with van der Waals surface area (Å²) in [5.41, 5.74) is 4.82. The van der Waals surface area contributed by atoms with Crippen LogP contribution in [0.1, 0.15) is 11.1 Å². The van der Waals surface area contributed by atoms with Gasteiger partial charge in [0.15, 0.2) is 11.4 Å². The van der Waals surface area contributed by atoms with E-state index in [-0.39, 0.29) is 5.69 Å². The minimum atomic E-state index is -5.49. The van der Waals surface area contributed by atoms with Gasteiger partial charge in [0, 0.05) is 11.1 Å². The van der Waals surface area contributed by atoms with Crippen molar-refractivity contribution in [3.63, 3.8) is 0 Å². The van der Waals surface area contributed by atoms with E-state index < -0.39 is 72.9 Å². The van der Waals surface area contributed by atoms with Crippen molar-refractivity contribution in [2.45, 2.75) is 28.5 Å². The Morgan fingerprint density at radius 3 is 1.88 bits per heavy atom. The van der Waals surface area contributed by atoms with Gasteiger partial charge in [0.1, 0.15) is 20.4 Å². The monoisotopic (exact) mass is 531 g/mol. The molecule has 0 amide bonds. The molecule has 3 aromatic rings. The van der Waals surface area contributed by atoms with Crippen LogP contribution in [-0.2, 0) is 30.4 Å². The van der Waals surface area contributed by atoms with Crippen LogP contribution >= 0.6 is 0 Å². The molecule has 0 unspecified atom stereocenters. The molecule has 0 aliphatic rings. The van der Waals surface area contributed by atoms with E-state index in [1.54, 1.807) is 6.92 Å². The van der Waals surface area contributed by atoms with Gasteiger partial charge >= 0.3 is 0 Å². The molecule has 13 nitrogen and oxygen atoms in total. The third-order valence-electron chi connectivity index (χ3n) is 4.85. The van der Waals surface area contributed by atoms with Crippen molar-refractivity contribution in [1.29, 1.82) is 0 Å². The molecule has 0 aliphatic heterocycles. The Morgan fingerprint density at radius 1 is 0.794 bits per heavy atom. The van der Waals surface area contributed by atoms with Crippen molar-refractivity contribution in [2.24, 2.45) is 10.2 Å². The number of nitrogen functional groups attached to an aromatic ring is 1. The highest BCUT2D eigenvalue weighted by atomic mass is 32.2. The first kappa shape index (κ1) is 25.5. The molecule has 182 valence electrons. The maximum Gasteiger partial charge on any atom is 0.298 e. The molecule has 0 spiro atoms. The van der Waals surface area contributed by atoms with Gasteiger partial charge in [-0.2, -0.15) is 25.3 Å². The highest BCUT2D eigenvalue weighted by Gasteiger charge is 2.34. The summed E-state index contributed by atoms with van der Waals surface area (Å²) in [6.45, 7) is 3.11.